The lowest BCUT2D eigenvalue weighted by atomic mass is 9.87. The van der Waals surface area contributed by atoms with Crippen LogP contribution in [0.2, 0.25) is 0 Å². The van der Waals surface area contributed by atoms with Gasteiger partial charge in [0.1, 0.15) is 15.7 Å². The SMILES string of the molecule is CCCC(C)(C)C(F)(F)F.O=C(NO)C1(S(=O)N2CCC(C3=CCCC=N3)CC2)CCNCC1. The maximum absolute atomic E-state index is 13.2. The van der Waals surface area contributed by atoms with Crippen molar-refractivity contribution in [2.75, 3.05) is 26.2 Å². The van der Waals surface area contributed by atoms with Gasteiger partial charge in [-0.15, -0.1) is 0 Å². The molecule has 0 aromatic rings. The Morgan fingerprint density at radius 2 is 1.88 bits per heavy atom. The first-order valence-electron chi connectivity index (χ1n) is 12.1. The highest BCUT2D eigenvalue weighted by Crippen LogP contribution is 2.40. The van der Waals surface area contributed by atoms with Crippen molar-refractivity contribution in [2.45, 2.75) is 83.1 Å². The topological polar surface area (TPSA) is 94.0 Å². The van der Waals surface area contributed by atoms with E-state index in [0.29, 0.717) is 51.4 Å². The van der Waals surface area contributed by atoms with E-state index in [0.717, 1.165) is 31.4 Å². The molecule has 0 aromatic carbocycles. The molecule has 1 amide bonds. The number of carbonyl (C=O) groups excluding carboxylic acids is 1. The van der Waals surface area contributed by atoms with E-state index in [1.807, 2.05) is 10.5 Å². The molecule has 1 atom stereocenters. The molecule has 3 N–H and O–H groups in total. The molecule has 0 radical (unpaired) electrons. The first-order valence-corrected chi connectivity index (χ1v) is 13.2. The molecule has 1 unspecified atom stereocenters. The number of carbonyl (C=O) groups is 1. The molecule has 3 heterocycles. The van der Waals surface area contributed by atoms with Gasteiger partial charge in [0.2, 0.25) is 0 Å². The van der Waals surface area contributed by atoms with Gasteiger partial charge in [0.05, 0.1) is 5.41 Å². The lowest BCUT2D eigenvalue weighted by Gasteiger charge is -2.40. The smallest absolute Gasteiger partial charge is 0.317 e. The summed E-state index contributed by atoms with van der Waals surface area (Å²) in [5, 5.41) is 12.3. The van der Waals surface area contributed by atoms with Gasteiger partial charge in [-0.25, -0.2) is 14.0 Å². The molecule has 34 heavy (non-hydrogen) atoms. The minimum Gasteiger partial charge on any atom is -0.317 e. The molecule has 3 aliphatic heterocycles. The Balaban J connectivity index is 0.000000347. The van der Waals surface area contributed by atoms with Gasteiger partial charge in [-0.1, -0.05) is 33.3 Å². The van der Waals surface area contributed by atoms with E-state index in [4.69, 9.17) is 5.21 Å². The number of rotatable bonds is 6. The van der Waals surface area contributed by atoms with Crippen LogP contribution in [0.4, 0.5) is 13.2 Å². The molecular formula is C23H39F3N4O3S. The fourth-order valence-corrected chi connectivity index (χ4v) is 6.34. The summed E-state index contributed by atoms with van der Waals surface area (Å²) >= 11 is 0. The molecule has 0 spiro atoms. The quantitative estimate of drug-likeness (QED) is 0.372. The van der Waals surface area contributed by atoms with Crippen molar-refractivity contribution in [1.82, 2.24) is 15.1 Å². The maximum atomic E-state index is 13.2. The third kappa shape index (κ3) is 7.11. The minimum atomic E-state index is -4.05. The van der Waals surface area contributed by atoms with Gasteiger partial charge in [-0.3, -0.25) is 15.0 Å². The van der Waals surface area contributed by atoms with E-state index in [1.54, 1.807) is 12.4 Å². The van der Waals surface area contributed by atoms with Crippen LogP contribution >= 0.6 is 0 Å². The maximum Gasteiger partial charge on any atom is 0.393 e. The van der Waals surface area contributed by atoms with Crippen LogP contribution in [0.15, 0.2) is 16.8 Å². The van der Waals surface area contributed by atoms with Crippen LogP contribution in [0.5, 0.6) is 0 Å². The van der Waals surface area contributed by atoms with Crippen LogP contribution in [0.25, 0.3) is 0 Å². The second-order valence-electron chi connectivity index (χ2n) is 9.79. The average Bonchev–Trinajstić information content (AvgIpc) is 2.84. The number of aliphatic imine (C=N–C) groups is 1. The molecule has 3 aliphatic rings. The summed E-state index contributed by atoms with van der Waals surface area (Å²) in [7, 11) is -1.44. The van der Waals surface area contributed by atoms with Gasteiger partial charge in [0.25, 0.3) is 5.91 Å². The summed E-state index contributed by atoms with van der Waals surface area (Å²) in [4.78, 5) is 16.8. The molecule has 0 aliphatic carbocycles. The second kappa shape index (κ2) is 12.6. The zero-order valence-corrected chi connectivity index (χ0v) is 21.2. The molecule has 0 bridgehead atoms. The lowest BCUT2D eigenvalue weighted by molar-refractivity contribution is -0.213. The predicted molar refractivity (Wildman–Crippen MR) is 128 cm³/mol. The van der Waals surface area contributed by atoms with Crippen molar-refractivity contribution in [1.29, 1.82) is 0 Å². The van der Waals surface area contributed by atoms with Crippen molar-refractivity contribution in [3.05, 3.63) is 11.8 Å². The standard InChI is InChI=1S/C16H26N4O3S.C7H13F3/c21-15(19-22)16(6-9-17-10-7-16)24(23)20-11-4-13(5-12-20)14-3-1-2-8-18-14;1-4-5-6(2,3)7(8,9)10/h3,8,13,17,22H,1-2,4-7,9-12H2,(H,19,21);4-5H2,1-3H3. The number of piperidine rings is 2. The number of amides is 1. The number of nitrogens with one attached hydrogen (secondary N) is 2. The molecule has 2 saturated heterocycles. The third-order valence-corrected chi connectivity index (χ3v) is 9.00. The minimum absolute atomic E-state index is 0.205. The molecule has 2 fully saturated rings. The predicted octanol–water partition coefficient (Wildman–Crippen LogP) is 4.11. The highest BCUT2D eigenvalue weighted by atomic mass is 32.2. The van der Waals surface area contributed by atoms with Crippen LogP contribution < -0.4 is 10.8 Å². The monoisotopic (exact) mass is 508 g/mol. The summed E-state index contributed by atoms with van der Waals surface area (Å²) in [5.74, 6) is -0.102. The van der Waals surface area contributed by atoms with E-state index >= 15 is 0 Å². The first kappa shape index (κ1) is 28.9. The molecule has 11 heteroatoms. The van der Waals surface area contributed by atoms with Gasteiger partial charge in [0, 0.05) is 30.9 Å². The Morgan fingerprint density at radius 1 is 1.26 bits per heavy atom. The number of nitrogens with zero attached hydrogens (tertiary/aromatic N) is 2. The van der Waals surface area contributed by atoms with E-state index < -0.39 is 33.2 Å². The van der Waals surface area contributed by atoms with E-state index in [9.17, 15) is 22.2 Å². The van der Waals surface area contributed by atoms with Crippen LogP contribution in [0, 0.1) is 11.3 Å². The number of allylic oxidation sites excluding steroid dienone is 2. The highest BCUT2D eigenvalue weighted by molar-refractivity contribution is 7.85. The van der Waals surface area contributed by atoms with E-state index in [2.05, 4.69) is 16.4 Å². The van der Waals surface area contributed by atoms with E-state index in [-0.39, 0.29) is 6.42 Å². The van der Waals surface area contributed by atoms with E-state index in [1.165, 1.54) is 13.8 Å². The molecule has 3 rings (SSSR count). The van der Waals surface area contributed by atoms with Crippen molar-refractivity contribution in [3.63, 3.8) is 0 Å². The zero-order valence-electron chi connectivity index (χ0n) is 20.4. The van der Waals surface area contributed by atoms with Crippen molar-refractivity contribution < 1.29 is 27.4 Å². The largest absolute Gasteiger partial charge is 0.393 e. The van der Waals surface area contributed by atoms with Crippen LogP contribution in [-0.4, -0.2) is 62.9 Å². The van der Waals surface area contributed by atoms with Gasteiger partial charge in [-0.2, -0.15) is 13.2 Å². The number of hydrogen-bond donors (Lipinski definition) is 3. The summed E-state index contributed by atoms with van der Waals surface area (Å²) in [6.45, 7) is 6.88. The molecule has 196 valence electrons. The normalized spacial score (nSPS) is 22.9. The van der Waals surface area contributed by atoms with Crippen molar-refractivity contribution in [2.24, 2.45) is 16.3 Å². The van der Waals surface area contributed by atoms with Crippen LogP contribution in [0.1, 0.15) is 72.1 Å². The highest BCUT2D eigenvalue weighted by Gasteiger charge is 2.48. The Hall–Kier alpha value is -1.30. The summed E-state index contributed by atoms with van der Waals surface area (Å²) < 4.78 is 50.1. The Morgan fingerprint density at radius 3 is 2.32 bits per heavy atom. The van der Waals surface area contributed by atoms with Gasteiger partial charge < -0.3 is 5.32 Å². The van der Waals surface area contributed by atoms with Crippen LogP contribution in [0.3, 0.4) is 0 Å². The Labute approximate surface area is 203 Å². The summed E-state index contributed by atoms with van der Waals surface area (Å²) in [6, 6.07) is 0. The zero-order chi connectivity index (χ0) is 25.4. The fourth-order valence-electron chi connectivity index (χ4n) is 4.55. The Bertz CT molecular complexity index is 757. The summed E-state index contributed by atoms with van der Waals surface area (Å²) in [6.07, 6.45) is 5.75. The molecular weight excluding hydrogens is 469 g/mol. The first-order chi connectivity index (χ1) is 16.0. The number of halogens is 3. The number of hydrogen-bond acceptors (Lipinski definition) is 5. The van der Waals surface area contributed by atoms with Crippen molar-refractivity contribution >= 4 is 23.1 Å². The molecule has 0 aromatic heterocycles. The number of alkyl halides is 3. The van der Waals surface area contributed by atoms with Gasteiger partial charge in [0.15, 0.2) is 0 Å². The lowest BCUT2D eigenvalue weighted by Crippen LogP contribution is -2.59. The van der Waals surface area contributed by atoms with Gasteiger partial charge >= 0.3 is 6.18 Å². The second-order valence-corrected chi connectivity index (χ2v) is 11.6. The fraction of sp³-hybridized carbons (Fsp3) is 0.826. The molecule has 7 nitrogen and oxygen atoms in total. The Kier molecular flexibility index (Phi) is 10.7. The summed E-state index contributed by atoms with van der Waals surface area (Å²) in [5.41, 5.74) is 1.39. The number of hydroxylamine groups is 1. The van der Waals surface area contributed by atoms with Crippen molar-refractivity contribution in [3.8, 4) is 0 Å². The average molecular weight is 509 g/mol. The molecule has 0 saturated carbocycles. The van der Waals surface area contributed by atoms with Crippen LogP contribution in [-0.2, 0) is 15.8 Å². The van der Waals surface area contributed by atoms with Gasteiger partial charge in [-0.05, 0) is 58.0 Å². The third-order valence-electron chi connectivity index (χ3n) is 6.90.